The van der Waals surface area contributed by atoms with Crippen molar-refractivity contribution in [3.05, 3.63) is 11.9 Å². The molecule has 18 heavy (non-hydrogen) atoms. The Balaban J connectivity index is 1.93. The molecule has 1 amide bonds. The van der Waals surface area contributed by atoms with Gasteiger partial charge in [-0.05, 0) is 12.8 Å². The highest BCUT2D eigenvalue weighted by atomic mass is 16.1. The average Bonchev–Trinajstić information content (AvgIpc) is 3.18. The van der Waals surface area contributed by atoms with Gasteiger partial charge in [0.2, 0.25) is 5.91 Å². The molecule has 1 aliphatic carbocycles. The molecule has 0 atom stereocenters. The maximum atomic E-state index is 10.7. The van der Waals surface area contributed by atoms with Crippen LogP contribution < -0.4 is 21.9 Å². The van der Waals surface area contributed by atoms with Crippen molar-refractivity contribution in [2.24, 2.45) is 5.84 Å². The minimum Gasteiger partial charge on any atom is -0.368 e. The van der Waals surface area contributed by atoms with E-state index in [1.165, 1.54) is 6.92 Å². The summed E-state index contributed by atoms with van der Waals surface area (Å²) in [6, 6.07) is 1.75. The maximum Gasteiger partial charge on any atom is 0.216 e. The second kappa shape index (κ2) is 5.63. The van der Waals surface area contributed by atoms with Crippen molar-refractivity contribution in [3.8, 4) is 0 Å². The van der Waals surface area contributed by atoms with Crippen molar-refractivity contribution in [2.75, 3.05) is 23.8 Å². The summed E-state index contributed by atoms with van der Waals surface area (Å²) in [5.41, 5.74) is 2.54. The predicted molar refractivity (Wildman–Crippen MR) is 69.0 cm³/mol. The number of nitrogen functional groups attached to an aromatic ring is 1. The Morgan fingerprint density at radius 2 is 2.11 bits per heavy atom. The molecule has 5 N–H and O–H groups in total. The highest BCUT2D eigenvalue weighted by Crippen LogP contribution is 2.38. The summed E-state index contributed by atoms with van der Waals surface area (Å²) in [6.45, 7) is 2.67. The topological polar surface area (TPSA) is 105 Å². The number of nitrogens with two attached hydrogens (primary N) is 1. The normalized spacial score (nSPS) is 14.1. The summed E-state index contributed by atoms with van der Waals surface area (Å²) in [6.07, 6.45) is 2.28. The molecule has 1 fully saturated rings. The Bertz CT molecular complexity index is 432. The van der Waals surface area contributed by atoms with E-state index in [1.807, 2.05) is 0 Å². The Labute approximate surface area is 106 Å². The van der Waals surface area contributed by atoms with Crippen molar-refractivity contribution in [2.45, 2.75) is 25.7 Å². The van der Waals surface area contributed by atoms with E-state index in [4.69, 9.17) is 5.84 Å². The van der Waals surface area contributed by atoms with E-state index in [-0.39, 0.29) is 5.91 Å². The quantitative estimate of drug-likeness (QED) is 0.326. The number of hydrogen-bond donors (Lipinski definition) is 4. The number of aromatic nitrogens is 2. The third-order valence-corrected chi connectivity index (χ3v) is 2.64. The summed E-state index contributed by atoms with van der Waals surface area (Å²) in [5, 5.41) is 5.85. The fourth-order valence-corrected chi connectivity index (χ4v) is 1.58. The van der Waals surface area contributed by atoms with Gasteiger partial charge in [-0.1, -0.05) is 0 Å². The summed E-state index contributed by atoms with van der Waals surface area (Å²) >= 11 is 0. The van der Waals surface area contributed by atoms with Gasteiger partial charge < -0.3 is 16.1 Å². The van der Waals surface area contributed by atoms with E-state index >= 15 is 0 Å². The van der Waals surface area contributed by atoms with Crippen LogP contribution in [0.4, 0.5) is 11.6 Å². The fourth-order valence-electron chi connectivity index (χ4n) is 1.58. The second-order valence-corrected chi connectivity index (χ2v) is 4.32. The van der Waals surface area contributed by atoms with Gasteiger partial charge in [0.1, 0.15) is 17.5 Å². The molecule has 1 heterocycles. The third kappa shape index (κ3) is 3.56. The van der Waals surface area contributed by atoms with Crippen LogP contribution in [0.5, 0.6) is 0 Å². The zero-order chi connectivity index (χ0) is 13.0. The van der Waals surface area contributed by atoms with Crippen LogP contribution >= 0.6 is 0 Å². The first-order valence-corrected chi connectivity index (χ1v) is 6.03. The molecule has 0 aromatic carbocycles. The van der Waals surface area contributed by atoms with Gasteiger partial charge in [-0.15, -0.1) is 0 Å². The SMILES string of the molecule is CC(=O)NCCNc1cc(NN)nc(C2CC2)n1. The Kier molecular flexibility index (Phi) is 3.93. The third-order valence-electron chi connectivity index (χ3n) is 2.64. The number of hydrogen-bond acceptors (Lipinski definition) is 6. The molecule has 1 aromatic heterocycles. The van der Waals surface area contributed by atoms with Gasteiger partial charge in [0, 0.05) is 32.0 Å². The Morgan fingerprint density at radius 3 is 2.72 bits per heavy atom. The van der Waals surface area contributed by atoms with Gasteiger partial charge in [0.25, 0.3) is 0 Å². The lowest BCUT2D eigenvalue weighted by Gasteiger charge is -2.09. The summed E-state index contributed by atoms with van der Waals surface area (Å²) < 4.78 is 0. The van der Waals surface area contributed by atoms with E-state index in [1.54, 1.807) is 6.07 Å². The van der Waals surface area contributed by atoms with Crippen molar-refractivity contribution in [1.29, 1.82) is 0 Å². The zero-order valence-corrected chi connectivity index (χ0v) is 10.4. The van der Waals surface area contributed by atoms with E-state index in [2.05, 4.69) is 26.0 Å². The standard InChI is InChI=1S/C11H18N6O/c1-7(18)13-4-5-14-9-6-10(17-12)16-11(15-9)8-2-3-8/h6,8H,2-5,12H2,1H3,(H,13,18)(H2,14,15,16,17). The number of amides is 1. The number of nitrogens with one attached hydrogen (secondary N) is 3. The Hall–Kier alpha value is -1.89. The predicted octanol–water partition coefficient (Wildman–Crippen LogP) is 0.188. The fraction of sp³-hybridized carbons (Fsp3) is 0.545. The minimum absolute atomic E-state index is 0.0394. The average molecular weight is 250 g/mol. The summed E-state index contributed by atoms with van der Waals surface area (Å²) in [5.74, 6) is 7.96. The van der Waals surface area contributed by atoms with Gasteiger partial charge in [-0.2, -0.15) is 0 Å². The first-order chi connectivity index (χ1) is 8.69. The van der Waals surface area contributed by atoms with Crippen LogP contribution in [0.25, 0.3) is 0 Å². The minimum atomic E-state index is -0.0394. The number of anilines is 2. The number of carbonyl (C=O) groups is 1. The number of carbonyl (C=O) groups excluding carboxylic acids is 1. The van der Waals surface area contributed by atoms with Crippen molar-refractivity contribution >= 4 is 17.5 Å². The molecular formula is C11H18N6O. The molecule has 1 aromatic rings. The first-order valence-electron chi connectivity index (χ1n) is 6.03. The molecule has 2 rings (SSSR count). The molecule has 0 saturated heterocycles. The lowest BCUT2D eigenvalue weighted by atomic mass is 10.3. The number of rotatable bonds is 6. The first kappa shape index (κ1) is 12.6. The second-order valence-electron chi connectivity index (χ2n) is 4.32. The lowest BCUT2D eigenvalue weighted by molar-refractivity contribution is -0.118. The van der Waals surface area contributed by atoms with Crippen LogP contribution in [-0.2, 0) is 4.79 Å². The van der Waals surface area contributed by atoms with Crippen LogP contribution in [0.2, 0.25) is 0 Å². The molecule has 0 radical (unpaired) electrons. The van der Waals surface area contributed by atoms with E-state index in [0.717, 1.165) is 24.5 Å². The molecule has 7 nitrogen and oxygen atoms in total. The molecule has 0 spiro atoms. The molecule has 98 valence electrons. The number of nitrogens with zero attached hydrogens (tertiary/aromatic N) is 2. The van der Waals surface area contributed by atoms with Gasteiger partial charge in [-0.3, -0.25) is 4.79 Å². The molecule has 1 aliphatic rings. The molecule has 7 heteroatoms. The van der Waals surface area contributed by atoms with Gasteiger partial charge in [-0.25, -0.2) is 15.8 Å². The molecular weight excluding hydrogens is 232 g/mol. The Morgan fingerprint density at radius 1 is 1.39 bits per heavy atom. The summed E-state index contributed by atoms with van der Waals surface area (Å²) in [4.78, 5) is 19.5. The highest BCUT2D eigenvalue weighted by Gasteiger charge is 2.27. The van der Waals surface area contributed by atoms with Gasteiger partial charge in [0.05, 0.1) is 0 Å². The molecule has 0 unspecified atom stereocenters. The molecule has 0 bridgehead atoms. The van der Waals surface area contributed by atoms with Crippen molar-refractivity contribution in [1.82, 2.24) is 15.3 Å². The van der Waals surface area contributed by atoms with Crippen LogP contribution in [-0.4, -0.2) is 29.0 Å². The summed E-state index contributed by atoms with van der Waals surface area (Å²) in [7, 11) is 0. The monoisotopic (exact) mass is 250 g/mol. The van der Waals surface area contributed by atoms with Crippen LogP contribution in [0.15, 0.2) is 6.07 Å². The molecule has 0 aliphatic heterocycles. The lowest BCUT2D eigenvalue weighted by Crippen LogP contribution is -2.26. The van der Waals surface area contributed by atoms with E-state index in [0.29, 0.717) is 24.8 Å². The van der Waals surface area contributed by atoms with Gasteiger partial charge in [0.15, 0.2) is 0 Å². The molecule has 1 saturated carbocycles. The number of hydrazine groups is 1. The maximum absolute atomic E-state index is 10.7. The zero-order valence-electron chi connectivity index (χ0n) is 10.4. The van der Waals surface area contributed by atoms with E-state index < -0.39 is 0 Å². The smallest absolute Gasteiger partial charge is 0.216 e. The van der Waals surface area contributed by atoms with Crippen LogP contribution in [0.3, 0.4) is 0 Å². The van der Waals surface area contributed by atoms with Crippen molar-refractivity contribution in [3.63, 3.8) is 0 Å². The largest absolute Gasteiger partial charge is 0.368 e. The van der Waals surface area contributed by atoms with Gasteiger partial charge >= 0.3 is 0 Å². The van der Waals surface area contributed by atoms with Crippen molar-refractivity contribution < 1.29 is 4.79 Å². The van der Waals surface area contributed by atoms with Crippen LogP contribution in [0, 0.1) is 0 Å². The van der Waals surface area contributed by atoms with Crippen LogP contribution in [0.1, 0.15) is 31.5 Å². The van der Waals surface area contributed by atoms with E-state index in [9.17, 15) is 4.79 Å². The highest BCUT2D eigenvalue weighted by molar-refractivity contribution is 5.72.